The molecule has 1 heterocycles. The summed E-state index contributed by atoms with van der Waals surface area (Å²) in [7, 11) is 0. The third-order valence-corrected chi connectivity index (χ3v) is 4.22. The summed E-state index contributed by atoms with van der Waals surface area (Å²) in [5.74, 6) is -0.539. The molecular weight excluding hydrogens is 281 g/mol. The molecule has 0 atom stereocenters. The first kappa shape index (κ1) is 16.4. The summed E-state index contributed by atoms with van der Waals surface area (Å²) < 4.78 is 13.2. The number of hydrogen-bond donors (Lipinski definition) is 2. The quantitative estimate of drug-likeness (QED) is 0.892. The summed E-state index contributed by atoms with van der Waals surface area (Å²) in [5.41, 5.74) is 7.42. The van der Waals surface area contributed by atoms with E-state index in [0.29, 0.717) is 23.3 Å². The number of halogens is 1. The average molecular weight is 303 g/mol. The second-order valence-corrected chi connectivity index (χ2v) is 5.71. The summed E-state index contributed by atoms with van der Waals surface area (Å²) >= 11 is 0. The molecule has 22 heavy (non-hydrogen) atoms. The standard InChI is InChI=1S/C17H22FN3O/c1-4-17(19,5-2)10-20-16(22)14-8-12-6-7-13(18)9-15(12)21-11(14)3/h6-9H,4-5,10,19H2,1-3H3,(H,20,22). The molecule has 118 valence electrons. The number of nitrogens with two attached hydrogens (primary N) is 1. The van der Waals surface area contributed by atoms with Crippen molar-refractivity contribution in [2.24, 2.45) is 5.73 Å². The molecule has 0 bridgehead atoms. The lowest BCUT2D eigenvalue weighted by Crippen LogP contribution is -2.49. The van der Waals surface area contributed by atoms with Gasteiger partial charge in [0.05, 0.1) is 16.8 Å². The molecule has 0 aliphatic rings. The molecule has 0 fully saturated rings. The fourth-order valence-corrected chi connectivity index (χ4v) is 2.32. The lowest BCUT2D eigenvalue weighted by molar-refractivity contribution is 0.0941. The zero-order valence-electron chi connectivity index (χ0n) is 13.2. The highest BCUT2D eigenvalue weighted by Gasteiger charge is 2.22. The first-order valence-corrected chi connectivity index (χ1v) is 7.52. The van der Waals surface area contributed by atoms with E-state index in [1.807, 2.05) is 13.8 Å². The SMILES string of the molecule is CCC(N)(CC)CNC(=O)c1cc2ccc(F)cc2nc1C. The van der Waals surface area contributed by atoms with E-state index in [4.69, 9.17) is 5.73 Å². The van der Waals surface area contributed by atoms with E-state index < -0.39 is 5.54 Å². The number of carbonyl (C=O) groups is 1. The van der Waals surface area contributed by atoms with Crippen molar-refractivity contribution in [1.29, 1.82) is 0 Å². The second kappa shape index (κ2) is 6.40. The van der Waals surface area contributed by atoms with Gasteiger partial charge >= 0.3 is 0 Å². The molecule has 4 nitrogen and oxygen atoms in total. The molecule has 1 aromatic heterocycles. The molecule has 3 N–H and O–H groups in total. The van der Waals surface area contributed by atoms with Crippen LogP contribution in [0.15, 0.2) is 24.3 Å². The summed E-state index contributed by atoms with van der Waals surface area (Å²) in [6.07, 6.45) is 1.58. The van der Waals surface area contributed by atoms with Crippen LogP contribution in [0.4, 0.5) is 4.39 Å². The van der Waals surface area contributed by atoms with E-state index in [1.54, 1.807) is 19.1 Å². The van der Waals surface area contributed by atoms with Crippen molar-refractivity contribution < 1.29 is 9.18 Å². The highest BCUT2D eigenvalue weighted by Crippen LogP contribution is 2.18. The Bertz CT molecular complexity index is 696. The summed E-state index contributed by atoms with van der Waals surface area (Å²) in [6.45, 7) is 6.17. The molecule has 1 aromatic carbocycles. The van der Waals surface area contributed by atoms with Gasteiger partial charge in [0.2, 0.25) is 0 Å². The summed E-state index contributed by atoms with van der Waals surface area (Å²) in [6, 6.07) is 6.09. The number of nitrogens with zero attached hydrogens (tertiary/aromatic N) is 1. The number of rotatable bonds is 5. The number of carbonyl (C=O) groups excluding carboxylic acids is 1. The number of amides is 1. The third-order valence-electron chi connectivity index (χ3n) is 4.22. The molecule has 5 heteroatoms. The number of nitrogens with one attached hydrogen (secondary N) is 1. The van der Waals surface area contributed by atoms with Gasteiger partial charge in [-0.05, 0) is 38.0 Å². The number of fused-ring (bicyclic) bond motifs is 1. The number of hydrogen-bond acceptors (Lipinski definition) is 3. The van der Waals surface area contributed by atoms with Crippen LogP contribution < -0.4 is 11.1 Å². The van der Waals surface area contributed by atoms with E-state index in [2.05, 4.69) is 10.3 Å². The van der Waals surface area contributed by atoms with Gasteiger partial charge in [0.25, 0.3) is 5.91 Å². The van der Waals surface area contributed by atoms with Crippen molar-refractivity contribution >= 4 is 16.8 Å². The normalized spacial score (nSPS) is 11.7. The fraction of sp³-hybridized carbons (Fsp3) is 0.412. The average Bonchev–Trinajstić information content (AvgIpc) is 2.51. The topological polar surface area (TPSA) is 68.0 Å². The number of pyridine rings is 1. The van der Waals surface area contributed by atoms with Crippen LogP contribution >= 0.6 is 0 Å². The van der Waals surface area contributed by atoms with Gasteiger partial charge in [0, 0.05) is 23.5 Å². The van der Waals surface area contributed by atoms with E-state index in [9.17, 15) is 9.18 Å². The molecule has 0 saturated heterocycles. The maximum atomic E-state index is 13.2. The minimum Gasteiger partial charge on any atom is -0.350 e. The van der Waals surface area contributed by atoms with Crippen LogP contribution in [0.2, 0.25) is 0 Å². The Balaban J connectivity index is 2.24. The third kappa shape index (κ3) is 3.42. The van der Waals surface area contributed by atoms with Crippen molar-refractivity contribution in [1.82, 2.24) is 10.3 Å². The molecule has 1 amide bonds. The number of benzene rings is 1. The first-order chi connectivity index (χ1) is 10.4. The highest BCUT2D eigenvalue weighted by atomic mass is 19.1. The molecular formula is C17H22FN3O. The Morgan fingerprint density at radius 2 is 2.00 bits per heavy atom. The number of aryl methyl sites for hydroxylation is 1. The van der Waals surface area contributed by atoms with Gasteiger partial charge in [0.1, 0.15) is 5.82 Å². The van der Waals surface area contributed by atoms with Crippen LogP contribution in [0.5, 0.6) is 0 Å². The van der Waals surface area contributed by atoms with Gasteiger partial charge in [-0.3, -0.25) is 9.78 Å². The van der Waals surface area contributed by atoms with Gasteiger partial charge in [0.15, 0.2) is 0 Å². The van der Waals surface area contributed by atoms with Crippen molar-refractivity contribution in [3.63, 3.8) is 0 Å². The van der Waals surface area contributed by atoms with Crippen LogP contribution in [0.3, 0.4) is 0 Å². The van der Waals surface area contributed by atoms with Crippen molar-refractivity contribution in [3.8, 4) is 0 Å². The largest absolute Gasteiger partial charge is 0.350 e. The summed E-state index contributed by atoms with van der Waals surface area (Å²) in [5, 5.41) is 3.62. The minimum atomic E-state index is -0.392. The van der Waals surface area contributed by atoms with Crippen LogP contribution in [0.25, 0.3) is 10.9 Å². The van der Waals surface area contributed by atoms with E-state index in [0.717, 1.165) is 18.2 Å². The minimum absolute atomic E-state index is 0.201. The molecule has 0 unspecified atom stereocenters. The van der Waals surface area contributed by atoms with E-state index >= 15 is 0 Å². The van der Waals surface area contributed by atoms with Crippen molar-refractivity contribution in [2.45, 2.75) is 39.2 Å². The Labute approximate surface area is 129 Å². The number of aromatic nitrogens is 1. The van der Waals surface area contributed by atoms with Gasteiger partial charge in [-0.1, -0.05) is 13.8 Å². The molecule has 0 aliphatic heterocycles. The highest BCUT2D eigenvalue weighted by molar-refractivity contribution is 5.98. The van der Waals surface area contributed by atoms with E-state index in [-0.39, 0.29) is 11.7 Å². The van der Waals surface area contributed by atoms with Gasteiger partial charge in [-0.2, -0.15) is 0 Å². The van der Waals surface area contributed by atoms with Crippen LogP contribution in [0, 0.1) is 12.7 Å². The smallest absolute Gasteiger partial charge is 0.253 e. The molecule has 2 aromatic rings. The lowest BCUT2D eigenvalue weighted by Gasteiger charge is -2.26. The zero-order chi connectivity index (χ0) is 16.3. The van der Waals surface area contributed by atoms with E-state index in [1.165, 1.54) is 12.1 Å². The predicted molar refractivity (Wildman–Crippen MR) is 86.3 cm³/mol. The van der Waals surface area contributed by atoms with Crippen LogP contribution in [-0.2, 0) is 0 Å². The summed E-state index contributed by atoms with van der Waals surface area (Å²) in [4.78, 5) is 16.7. The maximum absolute atomic E-state index is 13.2. The monoisotopic (exact) mass is 303 g/mol. The second-order valence-electron chi connectivity index (χ2n) is 5.71. The maximum Gasteiger partial charge on any atom is 0.253 e. The Kier molecular flexibility index (Phi) is 4.76. The van der Waals surface area contributed by atoms with Gasteiger partial charge in [-0.15, -0.1) is 0 Å². The first-order valence-electron chi connectivity index (χ1n) is 7.52. The Morgan fingerprint density at radius 1 is 1.32 bits per heavy atom. The van der Waals surface area contributed by atoms with Crippen molar-refractivity contribution in [3.05, 3.63) is 41.3 Å². The molecule has 0 spiro atoms. The van der Waals surface area contributed by atoms with Gasteiger partial charge < -0.3 is 11.1 Å². The zero-order valence-corrected chi connectivity index (χ0v) is 13.2. The fourth-order valence-electron chi connectivity index (χ4n) is 2.32. The van der Waals surface area contributed by atoms with Crippen molar-refractivity contribution in [2.75, 3.05) is 6.54 Å². The Hall–Kier alpha value is -2.01. The molecule has 2 rings (SSSR count). The predicted octanol–water partition coefficient (Wildman–Crippen LogP) is 2.93. The molecule has 0 aliphatic carbocycles. The van der Waals surface area contributed by atoms with Gasteiger partial charge in [-0.25, -0.2) is 4.39 Å². The molecule has 0 radical (unpaired) electrons. The Morgan fingerprint density at radius 3 is 2.64 bits per heavy atom. The lowest BCUT2D eigenvalue weighted by atomic mass is 9.94. The van der Waals surface area contributed by atoms with Crippen LogP contribution in [0.1, 0.15) is 42.7 Å². The van der Waals surface area contributed by atoms with Crippen LogP contribution in [-0.4, -0.2) is 23.0 Å². The molecule has 0 saturated carbocycles.